The van der Waals surface area contributed by atoms with Gasteiger partial charge in [0.15, 0.2) is 0 Å². The Morgan fingerprint density at radius 1 is 1.12 bits per heavy atom. The molecule has 0 bridgehead atoms. The van der Waals surface area contributed by atoms with Crippen LogP contribution in [0.4, 0.5) is 8.78 Å². The molecule has 5 heteroatoms. The van der Waals surface area contributed by atoms with Crippen molar-refractivity contribution < 1.29 is 18.6 Å². The summed E-state index contributed by atoms with van der Waals surface area (Å²) in [4.78, 5) is 3.72. The summed E-state index contributed by atoms with van der Waals surface area (Å²) in [7, 11) is 0. The van der Waals surface area contributed by atoms with E-state index in [1.165, 1.54) is 24.3 Å². The van der Waals surface area contributed by atoms with Gasteiger partial charge in [0.1, 0.15) is 17.4 Å². The van der Waals surface area contributed by atoms with Crippen LogP contribution in [0, 0.1) is 11.6 Å². The van der Waals surface area contributed by atoms with E-state index in [0.29, 0.717) is 5.75 Å². The molecule has 0 unspecified atom stereocenters. The average molecular weight is 237 g/mol. The Morgan fingerprint density at radius 2 is 1.82 bits per heavy atom. The van der Waals surface area contributed by atoms with E-state index < -0.39 is 5.82 Å². The Labute approximate surface area is 96.3 Å². The molecular weight excluding hydrogens is 228 g/mol. The highest BCUT2D eigenvalue weighted by Gasteiger charge is 2.07. The van der Waals surface area contributed by atoms with Crippen LogP contribution in [-0.4, -0.2) is 10.1 Å². The molecule has 2 rings (SSSR count). The van der Waals surface area contributed by atoms with Crippen molar-refractivity contribution in [2.75, 3.05) is 0 Å². The number of hydrogen-bond donors (Lipinski definition) is 1. The molecule has 0 saturated carbocycles. The predicted molar refractivity (Wildman–Crippen MR) is 56.6 cm³/mol. The summed E-state index contributed by atoms with van der Waals surface area (Å²) in [6, 6.07) is 6.43. The first-order valence-electron chi connectivity index (χ1n) is 4.88. The Balaban J connectivity index is 2.26. The highest BCUT2D eigenvalue weighted by atomic mass is 19.1. The van der Waals surface area contributed by atoms with Gasteiger partial charge in [0.25, 0.3) is 0 Å². The molecule has 0 aliphatic heterocycles. The predicted octanol–water partition coefficient (Wildman–Crippen LogP) is 2.64. The molecule has 0 aliphatic rings. The standard InChI is InChI=1S/C12H9F2NO2/c13-9-1-3-11(4-2-9)17-12-8(7-16)5-10(14)6-15-12/h1-6,16H,7H2. The monoisotopic (exact) mass is 237 g/mol. The number of pyridine rings is 1. The third-order valence-corrected chi connectivity index (χ3v) is 2.09. The number of ether oxygens (including phenoxy) is 1. The summed E-state index contributed by atoms with van der Waals surface area (Å²) in [6.07, 6.45) is 0.984. The quantitative estimate of drug-likeness (QED) is 0.892. The molecule has 0 fully saturated rings. The maximum absolute atomic E-state index is 12.8. The van der Waals surface area contributed by atoms with E-state index in [2.05, 4.69) is 4.98 Å². The Kier molecular flexibility index (Phi) is 3.30. The van der Waals surface area contributed by atoms with Crippen LogP contribution in [0.25, 0.3) is 0 Å². The van der Waals surface area contributed by atoms with E-state index >= 15 is 0 Å². The van der Waals surface area contributed by atoms with Crippen LogP contribution >= 0.6 is 0 Å². The zero-order valence-electron chi connectivity index (χ0n) is 8.73. The fourth-order valence-electron chi connectivity index (χ4n) is 1.29. The second-order valence-electron chi connectivity index (χ2n) is 3.33. The van der Waals surface area contributed by atoms with Gasteiger partial charge in [-0.15, -0.1) is 0 Å². The Bertz CT molecular complexity index is 514. The molecule has 88 valence electrons. The van der Waals surface area contributed by atoms with Crippen molar-refractivity contribution in [2.45, 2.75) is 6.61 Å². The van der Waals surface area contributed by atoms with Crippen LogP contribution in [0.1, 0.15) is 5.56 Å². The minimum atomic E-state index is -0.555. The van der Waals surface area contributed by atoms with Gasteiger partial charge in [-0.25, -0.2) is 13.8 Å². The van der Waals surface area contributed by atoms with Crippen molar-refractivity contribution in [3.63, 3.8) is 0 Å². The van der Waals surface area contributed by atoms with Crippen LogP contribution in [0.5, 0.6) is 11.6 Å². The highest BCUT2D eigenvalue weighted by Crippen LogP contribution is 2.23. The van der Waals surface area contributed by atoms with E-state index in [9.17, 15) is 8.78 Å². The van der Waals surface area contributed by atoms with Gasteiger partial charge in [-0.2, -0.15) is 0 Å². The summed E-state index contributed by atoms with van der Waals surface area (Å²) in [5.74, 6) is -0.479. The summed E-state index contributed by atoms with van der Waals surface area (Å²) in [5, 5.41) is 9.02. The molecule has 1 heterocycles. The molecular formula is C12H9F2NO2. The normalized spacial score (nSPS) is 10.3. The third kappa shape index (κ3) is 2.76. The topological polar surface area (TPSA) is 42.4 Å². The molecule has 1 N–H and O–H groups in total. The SMILES string of the molecule is OCc1cc(F)cnc1Oc1ccc(F)cc1. The molecule has 0 amide bonds. The molecule has 3 nitrogen and oxygen atoms in total. The van der Waals surface area contributed by atoms with Crippen molar-refractivity contribution in [1.82, 2.24) is 4.98 Å². The summed E-state index contributed by atoms with van der Waals surface area (Å²) in [5.41, 5.74) is 0.231. The third-order valence-electron chi connectivity index (χ3n) is 2.09. The maximum Gasteiger partial charge on any atom is 0.224 e. The van der Waals surface area contributed by atoms with Crippen LogP contribution < -0.4 is 4.74 Å². The number of rotatable bonds is 3. The Hall–Kier alpha value is -2.01. The first kappa shape index (κ1) is 11.5. The average Bonchev–Trinajstić information content (AvgIpc) is 2.34. The van der Waals surface area contributed by atoms with Crippen LogP contribution in [0.2, 0.25) is 0 Å². The summed E-state index contributed by atoms with van der Waals surface area (Å²) >= 11 is 0. The minimum absolute atomic E-state index is 0.0977. The molecule has 0 aliphatic carbocycles. The first-order valence-corrected chi connectivity index (χ1v) is 4.88. The lowest BCUT2D eigenvalue weighted by molar-refractivity contribution is 0.274. The number of aromatic nitrogens is 1. The largest absolute Gasteiger partial charge is 0.439 e. The van der Waals surface area contributed by atoms with Gasteiger partial charge < -0.3 is 9.84 Å². The molecule has 0 radical (unpaired) electrons. The number of benzene rings is 1. The van der Waals surface area contributed by atoms with Gasteiger partial charge in [-0.3, -0.25) is 0 Å². The summed E-state index contributed by atoms with van der Waals surface area (Å²) < 4.78 is 30.8. The fourth-order valence-corrected chi connectivity index (χ4v) is 1.29. The Morgan fingerprint density at radius 3 is 2.47 bits per heavy atom. The van der Waals surface area contributed by atoms with Gasteiger partial charge in [-0.1, -0.05) is 0 Å². The molecule has 2 aromatic rings. The van der Waals surface area contributed by atoms with Gasteiger partial charge in [0.05, 0.1) is 12.8 Å². The van der Waals surface area contributed by atoms with Gasteiger partial charge >= 0.3 is 0 Å². The van der Waals surface area contributed by atoms with Crippen molar-refractivity contribution >= 4 is 0 Å². The molecule has 0 spiro atoms. The molecule has 0 saturated heterocycles. The second-order valence-corrected chi connectivity index (χ2v) is 3.33. The molecule has 17 heavy (non-hydrogen) atoms. The van der Waals surface area contributed by atoms with Crippen molar-refractivity contribution in [1.29, 1.82) is 0 Å². The number of nitrogens with zero attached hydrogens (tertiary/aromatic N) is 1. The maximum atomic E-state index is 12.8. The van der Waals surface area contributed by atoms with E-state index in [1.807, 2.05) is 0 Å². The smallest absolute Gasteiger partial charge is 0.224 e. The number of halogens is 2. The first-order chi connectivity index (χ1) is 8.19. The van der Waals surface area contributed by atoms with E-state index in [1.54, 1.807) is 0 Å². The molecule has 1 aromatic carbocycles. The minimum Gasteiger partial charge on any atom is -0.439 e. The fraction of sp³-hybridized carbons (Fsp3) is 0.0833. The van der Waals surface area contributed by atoms with Crippen LogP contribution in [-0.2, 0) is 6.61 Å². The molecule has 0 atom stereocenters. The van der Waals surface area contributed by atoms with Crippen LogP contribution in [0.15, 0.2) is 36.5 Å². The van der Waals surface area contributed by atoms with Gasteiger partial charge in [0, 0.05) is 5.56 Å². The number of aliphatic hydroxyl groups is 1. The van der Waals surface area contributed by atoms with Crippen molar-refractivity contribution in [2.24, 2.45) is 0 Å². The van der Waals surface area contributed by atoms with Crippen molar-refractivity contribution in [3.8, 4) is 11.6 Å². The zero-order chi connectivity index (χ0) is 12.3. The lowest BCUT2D eigenvalue weighted by Crippen LogP contribution is -1.96. The lowest BCUT2D eigenvalue weighted by Gasteiger charge is -2.08. The van der Waals surface area contributed by atoms with Crippen LogP contribution in [0.3, 0.4) is 0 Å². The number of aliphatic hydroxyl groups excluding tert-OH is 1. The number of hydrogen-bond acceptors (Lipinski definition) is 3. The van der Waals surface area contributed by atoms with Gasteiger partial charge in [0.2, 0.25) is 5.88 Å². The molecule has 1 aromatic heterocycles. The van der Waals surface area contributed by atoms with Crippen molar-refractivity contribution in [3.05, 3.63) is 53.7 Å². The van der Waals surface area contributed by atoms with E-state index in [0.717, 1.165) is 12.3 Å². The lowest BCUT2D eigenvalue weighted by atomic mass is 10.3. The van der Waals surface area contributed by atoms with E-state index in [4.69, 9.17) is 9.84 Å². The second kappa shape index (κ2) is 4.88. The highest BCUT2D eigenvalue weighted by molar-refractivity contribution is 5.32. The summed E-state index contributed by atoms with van der Waals surface area (Å²) in [6.45, 7) is -0.388. The zero-order valence-corrected chi connectivity index (χ0v) is 8.73. The van der Waals surface area contributed by atoms with E-state index in [-0.39, 0.29) is 23.9 Å². The van der Waals surface area contributed by atoms with Gasteiger partial charge in [-0.05, 0) is 30.3 Å².